The summed E-state index contributed by atoms with van der Waals surface area (Å²) in [5.41, 5.74) is 2.05. The van der Waals surface area contributed by atoms with Gasteiger partial charge in [0, 0.05) is 37.6 Å². The lowest BCUT2D eigenvalue weighted by Gasteiger charge is -2.34. The first-order valence-electron chi connectivity index (χ1n) is 9.62. The number of likely N-dealkylation sites (tertiary alicyclic amines) is 1. The number of carbonyl (C=O) groups excluding carboxylic acids is 1. The Morgan fingerprint density at radius 2 is 1.84 bits per heavy atom. The number of hydrogen-bond acceptors (Lipinski definition) is 3. The van der Waals surface area contributed by atoms with Crippen LogP contribution in [0.5, 0.6) is 0 Å². The number of nitrogens with one attached hydrogen (secondary N) is 1. The highest BCUT2D eigenvalue weighted by Gasteiger charge is 2.25. The fourth-order valence-corrected chi connectivity index (χ4v) is 3.83. The third kappa shape index (κ3) is 4.66. The minimum Gasteiger partial charge on any atom is -0.393 e. The number of urea groups is 1. The van der Waals surface area contributed by atoms with E-state index in [9.17, 15) is 9.90 Å². The molecule has 1 unspecified atom stereocenters. The summed E-state index contributed by atoms with van der Waals surface area (Å²) in [6.07, 6.45) is 3.92. The Balaban J connectivity index is 1.56. The predicted molar refractivity (Wildman–Crippen MR) is 102 cm³/mol. The third-order valence-corrected chi connectivity index (χ3v) is 5.76. The molecule has 2 aliphatic heterocycles. The highest BCUT2D eigenvalue weighted by molar-refractivity contribution is 5.90. The molecule has 5 heteroatoms. The van der Waals surface area contributed by atoms with Crippen molar-refractivity contribution in [1.82, 2.24) is 4.90 Å². The Bertz CT molecular complexity index is 574. The molecule has 0 aromatic heterocycles. The summed E-state index contributed by atoms with van der Waals surface area (Å²) in [6.45, 7) is 7.76. The molecule has 2 fully saturated rings. The molecule has 138 valence electrons. The summed E-state index contributed by atoms with van der Waals surface area (Å²) in [4.78, 5) is 16.8. The molecule has 2 heterocycles. The van der Waals surface area contributed by atoms with Crippen LogP contribution in [0.2, 0.25) is 0 Å². The van der Waals surface area contributed by atoms with Crippen molar-refractivity contribution in [3.8, 4) is 0 Å². The average Bonchev–Trinajstić information content (AvgIpc) is 2.62. The lowest BCUT2D eigenvalue weighted by Crippen LogP contribution is -2.42. The minimum atomic E-state index is -0.283. The lowest BCUT2D eigenvalue weighted by atomic mass is 9.92. The van der Waals surface area contributed by atoms with Crippen molar-refractivity contribution >= 4 is 17.4 Å². The first-order chi connectivity index (χ1) is 12.0. The third-order valence-electron chi connectivity index (χ3n) is 5.76. The van der Waals surface area contributed by atoms with E-state index in [4.69, 9.17) is 0 Å². The highest BCUT2D eigenvalue weighted by atomic mass is 16.3. The van der Waals surface area contributed by atoms with Gasteiger partial charge < -0.3 is 20.2 Å². The van der Waals surface area contributed by atoms with Gasteiger partial charge in [-0.2, -0.15) is 0 Å². The van der Waals surface area contributed by atoms with Crippen LogP contribution in [-0.4, -0.2) is 48.3 Å². The number of anilines is 2. The number of carbonyl (C=O) groups is 1. The molecule has 25 heavy (non-hydrogen) atoms. The number of nitrogens with zero attached hydrogens (tertiary/aromatic N) is 2. The van der Waals surface area contributed by atoms with Gasteiger partial charge in [-0.15, -0.1) is 0 Å². The van der Waals surface area contributed by atoms with Gasteiger partial charge in [0.2, 0.25) is 0 Å². The number of hydrogen-bond donors (Lipinski definition) is 2. The van der Waals surface area contributed by atoms with E-state index in [0.717, 1.165) is 37.5 Å². The molecular weight excluding hydrogens is 314 g/mol. The maximum absolute atomic E-state index is 12.5. The fourth-order valence-electron chi connectivity index (χ4n) is 3.83. The van der Waals surface area contributed by atoms with E-state index in [1.165, 1.54) is 18.5 Å². The molecule has 2 aliphatic rings. The molecule has 2 saturated heterocycles. The maximum Gasteiger partial charge on any atom is 0.321 e. The number of piperidine rings is 2. The van der Waals surface area contributed by atoms with Crippen LogP contribution in [0.3, 0.4) is 0 Å². The van der Waals surface area contributed by atoms with Gasteiger partial charge in [-0.1, -0.05) is 13.0 Å². The van der Waals surface area contributed by atoms with Gasteiger partial charge in [0.05, 0.1) is 6.10 Å². The first kappa shape index (κ1) is 18.1. The van der Waals surface area contributed by atoms with Gasteiger partial charge in [-0.3, -0.25) is 0 Å². The van der Waals surface area contributed by atoms with Crippen molar-refractivity contribution in [1.29, 1.82) is 0 Å². The van der Waals surface area contributed by atoms with E-state index < -0.39 is 0 Å². The van der Waals surface area contributed by atoms with Crippen LogP contribution in [0.25, 0.3) is 0 Å². The molecule has 2 amide bonds. The van der Waals surface area contributed by atoms with Crippen molar-refractivity contribution < 1.29 is 9.90 Å². The zero-order valence-corrected chi connectivity index (χ0v) is 15.4. The van der Waals surface area contributed by atoms with E-state index in [0.29, 0.717) is 19.0 Å². The van der Waals surface area contributed by atoms with Gasteiger partial charge in [0.1, 0.15) is 0 Å². The molecule has 1 aromatic rings. The van der Waals surface area contributed by atoms with Crippen molar-refractivity contribution in [3.05, 3.63) is 24.3 Å². The quantitative estimate of drug-likeness (QED) is 0.881. The molecular formula is C20H31N3O2. The number of rotatable bonds is 3. The van der Waals surface area contributed by atoms with Crippen LogP contribution >= 0.6 is 0 Å². The summed E-state index contributed by atoms with van der Waals surface area (Å²) in [5, 5.41) is 12.7. The Morgan fingerprint density at radius 1 is 1.16 bits per heavy atom. The molecule has 0 bridgehead atoms. The van der Waals surface area contributed by atoms with E-state index >= 15 is 0 Å². The monoisotopic (exact) mass is 345 g/mol. The normalized spacial score (nSPS) is 21.2. The summed E-state index contributed by atoms with van der Waals surface area (Å²) in [6, 6.07) is 8.14. The molecule has 0 radical (unpaired) electrons. The second-order valence-electron chi connectivity index (χ2n) is 7.72. The molecule has 0 saturated carbocycles. The maximum atomic E-state index is 12.5. The minimum absolute atomic E-state index is 0.0338. The van der Waals surface area contributed by atoms with Crippen LogP contribution in [0, 0.1) is 11.8 Å². The van der Waals surface area contributed by atoms with Gasteiger partial charge in [0.25, 0.3) is 0 Å². The standard InChI is InChI=1S/C20H31N3O2/c1-15-6-10-22(11-7-15)19-5-3-4-18(14-19)21-20(25)23-12-8-17(9-13-23)16(2)24/h3-5,14-17,24H,6-13H2,1-2H3,(H,21,25). The number of aliphatic hydroxyl groups is 1. The van der Waals surface area contributed by atoms with Gasteiger partial charge in [-0.25, -0.2) is 4.79 Å². The molecule has 0 aliphatic carbocycles. The van der Waals surface area contributed by atoms with Crippen molar-refractivity contribution in [3.63, 3.8) is 0 Å². The van der Waals surface area contributed by atoms with Crippen LogP contribution in [-0.2, 0) is 0 Å². The van der Waals surface area contributed by atoms with Crippen molar-refractivity contribution in [2.75, 3.05) is 36.4 Å². The highest BCUT2D eigenvalue weighted by Crippen LogP contribution is 2.26. The Labute approximate surface area is 151 Å². The largest absolute Gasteiger partial charge is 0.393 e. The zero-order valence-electron chi connectivity index (χ0n) is 15.4. The lowest BCUT2D eigenvalue weighted by molar-refractivity contribution is 0.0820. The Kier molecular flexibility index (Phi) is 5.84. The SMILES string of the molecule is CC1CCN(c2cccc(NC(=O)N3CCC(C(C)O)CC3)c2)CC1. The number of amides is 2. The van der Waals surface area contributed by atoms with E-state index in [2.05, 4.69) is 29.3 Å². The molecule has 3 rings (SSSR count). The second kappa shape index (κ2) is 8.09. The molecule has 0 spiro atoms. The second-order valence-corrected chi connectivity index (χ2v) is 7.72. The summed E-state index contributed by atoms with van der Waals surface area (Å²) in [5.74, 6) is 1.12. The van der Waals surface area contributed by atoms with Crippen LogP contribution in [0.1, 0.15) is 39.5 Å². The van der Waals surface area contributed by atoms with Crippen LogP contribution < -0.4 is 10.2 Å². The first-order valence-corrected chi connectivity index (χ1v) is 9.62. The number of benzene rings is 1. The van der Waals surface area contributed by atoms with Gasteiger partial charge >= 0.3 is 6.03 Å². The average molecular weight is 345 g/mol. The molecule has 1 aromatic carbocycles. The smallest absolute Gasteiger partial charge is 0.321 e. The van der Waals surface area contributed by atoms with Crippen molar-refractivity contribution in [2.24, 2.45) is 11.8 Å². The molecule has 5 nitrogen and oxygen atoms in total. The number of aliphatic hydroxyl groups excluding tert-OH is 1. The van der Waals surface area contributed by atoms with Crippen molar-refractivity contribution in [2.45, 2.75) is 45.6 Å². The predicted octanol–water partition coefficient (Wildman–Crippen LogP) is 3.55. The van der Waals surface area contributed by atoms with Gasteiger partial charge in [0.15, 0.2) is 0 Å². The van der Waals surface area contributed by atoms with E-state index in [-0.39, 0.29) is 12.1 Å². The zero-order chi connectivity index (χ0) is 17.8. The van der Waals surface area contributed by atoms with Crippen LogP contribution in [0.15, 0.2) is 24.3 Å². The summed E-state index contributed by atoms with van der Waals surface area (Å²) in [7, 11) is 0. The van der Waals surface area contributed by atoms with Gasteiger partial charge in [-0.05, 0) is 62.6 Å². The van der Waals surface area contributed by atoms with E-state index in [1.807, 2.05) is 24.0 Å². The molecule has 1 atom stereocenters. The topological polar surface area (TPSA) is 55.8 Å². The summed E-state index contributed by atoms with van der Waals surface area (Å²) < 4.78 is 0. The fraction of sp³-hybridized carbons (Fsp3) is 0.650. The Morgan fingerprint density at radius 3 is 2.48 bits per heavy atom. The van der Waals surface area contributed by atoms with Crippen LogP contribution in [0.4, 0.5) is 16.2 Å². The molecule has 2 N–H and O–H groups in total. The summed E-state index contributed by atoms with van der Waals surface area (Å²) >= 11 is 0. The Hall–Kier alpha value is -1.75. The van der Waals surface area contributed by atoms with E-state index in [1.54, 1.807) is 0 Å².